The van der Waals surface area contributed by atoms with Crippen molar-refractivity contribution in [3.8, 4) is 5.75 Å². The van der Waals surface area contributed by atoms with E-state index in [1.54, 1.807) is 42.5 Å². The van der Waals surface area contributed by atoms with Crippen molar-refractivity contribution in [2.75, 3.05) is 11.9 Å². The van der Waals surface area contributed by atoms with Gasteiger partial charge in [0.2, 0.25) is 0 Å². The minimum Gasteiger partial charge on any atom is -0.484 e. The lowest BCUT2D eigenvalue weighted by Gasteiger charge is -2.08. The molecule has 0 radical (unpaired) electrons. The summed E-state index contributed by atoms with van der Waals surface area (Å²) >= 11 is 15.2. The van der Waals surface area contributed by atoms with Gasteiger partial charge in [-0.2, -0.15) is 5.10 Å². The van der Waals surface area contributed by atoms with Crippen LogP contribution < -0.4 is 15.5 Å². The van der Waals surface area contributed by atoms with Crippen molar-refractivity contribution < 1.29 is 14.3 Å². The number of hydrogen-bond acceptors (Lipinski definition) is 4. The number of ether oxygens (including phenoxy) is 1. The Balaban J connectivity index is 1.47. The Bertz CT molecular complexity index is 1100. The third-order valence-electron chi connectivity index (χ3n) is 3.93. The molecule has 0 unspecified atom stereocenters. The van der Waals surface area contributed by atoms with Crippen molar-refractivity contribution in [1.82, 2.24) is 5.43 Å². The second-order valence-electron chi connectivity index (χ2n) is 6.24. The number of amides is 2. The first-order chi connectivity index (χ1) is 14.9. The number of carbonyl (C=O) groups excluding carboxylic acids is 2. The number of benzene rings is 3. The smallest absolute Gasteiger partial charge is 0.272 e. The van der Waals surface area contributed by atoms with Crippen molar-refractivity contribution in [1.29, 1.82) is 0 Å². The molecule has 31 heavy (non-hydrogen) atoms. The van der Waals surface area contributed by atoms with Crippen LogP contribution in [0.4, 0.5) is 5.69 Å². The molecule has 158 valence electrons. The molecule has 0 aliphatic carbocycles. The van der Waals surface area contributed by atoms with E-state index in [9.17, 15) is 9.59 Å². The van der Waals surface area contributed by atoms with Crippen LogP contribution in [0.25, 0.3) is 0 Å². The Kier molecular flexibility index (Phi) is 8.06. The number of hydrazone groups is 1. The highest BCUT2D eigenvalue weighted by Gasteiger charge is 2.09. The molecule has 2 amide bonds. The van der Waals surface area contributed by atoms with E-state index in [2.05, 4.69) is 31.8 Å². The van der Waals surface area contributed by atoms with Crippen molar-refractivity contribution in [2.45, 2.75) is 0 Å². The second kappa shape index (κ2) is 10.9. The molecule has 0 saturated heterocycles. The predicted molar refractivity (Wildman–Crippen MR) is 126 cm³/mol. The summed E-state index contributed by atoms with van der Waals surface area (Å²) in [7, 11) is 0. The van der Waals surface area contributed by atoms with Crippen LogP contribution in [0.2, 0.25) is 10.0 Å². The van der Waals surface area contributed by atoms with Crippen LogP contribution in [-0.4, -0.2) is 24.6 Å². The first-order valence-corrected chi connectivity index (χ1v) is 10.5. The number of halogens is 3. The van der Waals surface area contributed by atoms with Crippen molar-refractivity contribution in [3.05, 3.63) is 92.4 Å². The Morgan fingerprint density at radius 1 is 1.00 bits per heavy atom. The summed E-state index contributed by atoms with van der Waals surface area (Å²) in [5, 5.41) is 7.35. The zero-order chi connectivity index (χ0) is 22.2. The highest BCUT2D eigenvalue weighted by molar-refractivity contribution is 9.10. The zero-order valence-corrected chi connectivity index (χ0v) is 19.0. The molecule has 9 heteroatoms. The minimum atomic E-state index is -0.449. The number of carbonyl (C=O) groups is 2. The van der Waals surface area contributed by atoms with Crippen LogP contribution in [0.3, 0.4) is 0 Å². The monoisotopic (exact) mass is 519 g/mol. The quantitative estimate of drug-likeness (QED) is 0.317. The van der Waals surface area contributed by atoms with E-state index >= 15 is 0 Å². The summed E-state index contributed by atoms with van der Waals surface area (Å²) < 4.78 is 6.41. The van der Waals surface area contributed by atoms with E-state index < -0.39 is 5.91 Å². The van der Waals surface area contributed by atoms with E-state index in [-0.39, 0.29) is 23.1 Å². The van der Waals surface area contributed by atoms with Gasteiger partial charge in [0.15, 0.2) is 6.61 Å². The molecule has 0 aliphatic rings. The van der Waals surface area contributed by atoms with Gasteiger partial charge >= 0.3 is 0 Å². The Labute approximate surface area is 197 Å². The van der Waals surface area contributed by atoms with E-state index in [0.29, 0.717) is 16.5 Å². The van der Waals surface area contributed by atoms with Crippen LogP contribution in [0.15, 0.2) is 76.3 Å². The normalized spacial score (nSPS) is 10.7. The SMILES string of the molecule is O=C(COc1ccc(/C=N\NC(=O)c2ccc(Cl)cc2Cl)cc1)Nc1ccc(Br)cc1. The third-order valence-corrected chi connectivity index (χ3v) is 5.01. The van der Waals surface area contributed by atoms with Crippen LogP contribution >= 0.6 is 39.1 Å². The molecule has 0 bridgehead atoms. The number of nitrogens with zero attached hydrogens (tertiary/aromatic N) is 1. The van der Waals surface area contributed by atoms with E-state index in [4.69, 9.17) is 27.9 Å². The maximum absolute atomic E-state index is 12.1. The molecule has 3 rings (SSSR count). The molecular weight excluding hydrogens is 505 g/mol. The van der Waals surface area contributed by atoms with Crippen LogP contribution in [0, 0.1) is 0 Å². The predicted octanol–water partition coefficient (Wildman–Crippen LogP) is 5.54. The fourth-order valence-corrected chi connectivity index (χ4v) is 3.19. The average molecular weight is 521 g/mol. The van der Waals surface area contributed by atoms with E-state index in [1.807, 2.05) is 12.1 Å². The van der Waals surface area contributed by atoms with E-state index in [0.717, 1.165) is 10.0 Å². The summed E-state index contributed by atoms with van der Waals surface area (Å²) in [6, 6.07) is 18.7. The van der Waals surface area contributed by atoms with E-state index in [1.165, 1.54) is 18.3 Å². The first kappa shape index (κ1) is 22.8. The van der Waals surface area contributed by atoms with Gasteiger partial charge in [-0.1, -0.05) is 39.1 Å². The maximum atomic E-state index is 12.1. The fourth-order valence-electron chi connectivity index (χ4n) is 2.43. The van der Waals surface area contributed by atoms with Crippen LogP contribution in [0.1, 0.15) is 15.9 Å². The summed E-state index contributed by atoms with van der Waals surface area (Å²) in [6.07, 6.45) is 1.48. The molecule has 0 fully saturated rings. The lowest BCUT2D eigenvalue weighted by molar-refractivity contribution is -0.118. The molecule has 0 spiro atoms. The molecule has 0 saturated carbocycles. The van der Waals surface area contributed by atoms with Gasteiger partial charge in [-0.3, -0.25) is 9.59 Å². The van der Waals surface area contributed by atoms with Gasteiger partial charge < -0.3 is 10.1 Å². The lowest BCUT2D eigenvalue weighted by atomic mass is 10.2. The van der Waals surface area contributed by atoms with Gasteiger partial charge in [-0.05, 0) is 72.3 Å². The largest absolute Gasteiger partial charge is 0.484 e. The molecule has 0 atom stereocenters. The van der Waals surface area contributed by atoms with Crippen molar-refractivity contribution >= 4 is 62.8 Å². The van der Waals surface area contributed by atoms with Crippen molar-refractivity contribution in [3.63, 3.8) is 0 Å². The maximum Gasteiger partial charge on any atom is 0.272 e. The Morgan fingerprint density at radius 3 is 2.39 bits per heavy atom. The molecule has 0 aliphatic heterocycles. The zero-order valence-electron chi connectivity index (χ0n) is 15.9. The van der Waals surface area contributed by atoms with Crippen LogP contribution in [0.5, 0.6) is 5.75 Å². The van der Waals surface area contributed by atoms with Gasteiger partial charge in [-0.15, -0.1) is 0 Å². The molecule has 0 heterocycles. The molecule has 3 aromatic carbocycles. The summed E-state index contributed by atoms with van der Waals surface area (Å²) in [5.41, 5.74) is 4.09. The lowest BCUT2D eigenvalue weighted by Crippen LogP contribution is -2.20. The summed E-state index contributed by atoms with van der Waals surface area (Å²) in [4.78, 5) is 24.1. The highest BCUT2D eigenvalue weighted by Crippen LogP contribution is 2.20. The standard InChI is InChI=1S/C22H16BrCl2N3O3/c23-15-3-6-17(7-4-15)27-21(29)13-31-18-8-1-14(2-9-18)12-26-28-22(30)19-10-5-16(24)11-20(19)25/h1-12H,13H2,(H,27,29)(H,28,30)/b26-12-. The number of rotatable bonds is 7. The molecular formula is C22H16BrCl2N3O3. The highest BCUT2D eigenvalue weighted by atomic mass is 79.9. The topological polar surface area (TPSA) is 79.8 Å². The van der Waals surface area contributed by atoms with Crippen LogP contribution in [-0.2, 0) is 4.79 Å². The van der Waals surface area contributed by atoms with Gasteiger partial charge in [0.1, 0.15) is 5.75 Å². The first-order valence-electron chi connectivity index (χ1n) is 8.97. The second-order valence-corrected chi connectivity index (χ2v) is 8.00. The molecule has 2 N–H and O–H groups in total. The number of hydrogen-bond donors (Lipinski definition) is 2. The average Bonchev–Trinajstić information content (AvgIpc) is 2.75. The Morgan fingerprint density at radius 2 is 1.71 bits per heavy atom. The number of anilines is 1. The Hall–Kier alpha value is -2.87. The number of nitrogens with one attached hydrogen (secondary N) is 2. The van der Waals surface area contributed by atoms with Crippen molar-refractivity contribution in [2.24, 2.45) is 5.10 Å². The fraction of sp³-hybridized carbons (Fsp3) is 0.0455. The van der Waals surface area contributed by atoms with Gasteiger partial charge in [0.25, 0.3) is 11.8 Å². The third kappa shape index (κ3) is 7.10. The molecule has 0 aromatic heterocycles. The molecule has 6 nitrogen and oxygen atoms in total. The van der Waals surface area contributed by atoms with Gasteiger partial charge in [0.05, 0.1) is 16.8 Å². The van der Waals surface area contributed by atoms with Gasteiger partial charge in [0, 0.05) is 15.2 Å². The minimum absolute atomic E-state index is 0.124. The summed E-state index contributed by atoms with van der Waals surface area (Å²) in [6.45, 7) is -0.124. The summed E-state index contributed by atoms with van der Waals surface area (Å²) in [5.74, 6) is -0.189. The molecule has 3 aromatic rings. The van der Waals surface area contributed by atoms with Gasteiger partial charge in [-0.25, -0.2) is 5.43 Å².